The van der Waals surface area contributed by atoms with Crippen molar-refractivity contribution in [1.29, 1.82) is 0 Å². The number of hydrogen-bond acceptors (Lipinski definition) is 1. The van der Waals surface area contributed by atoms with Crippen LogP contribution in [0.15, 0.2) is 0 Å². The second kappa shape index (κ2) is 5.87. The fourth-order valence-corrected chi connectivity index (χ4v) is 5.45. The Hall–Kier alpha value is -0.240. The highest BCUT2D eigenvalue weighted by atomic mass is 35.5. The zero-order chi connectivity index (χ0) is 14.2. The molecule has 3 saturated carbocycles. The maximum absolute atomic E-state index is 12.4. The third-order valence-electron chi connectivity index (χ3n) is 6.08. The van der Waals surface area contributed by atoms with Crippen molar-refractivity contribution >= 4 is 17.5 Å². The number of alkyl halides is 1. The maximum Gasteiger partial charge on any atom is 0.220 e. The topological polar surface area (TPSA) is 29.1 Å². The monoisotopic (exact) mass is 297 g/mol. The molecule has 0 aromatic heterocycles. The molecule has 114 valence electrons. The lowest BCUT2D eigenvalue weighted by Gasteiger charge is -2.39. The first-order chi connectivity index (χ1) is 9.60. The van der Waals surface area contributed by atoms with E-state index in [0.29, 0.717) is 17.7 Å². The van der Waals surface area contributed by atoms with Gasteiger partial charge in [0.25, 0.3) is 0 Å². The minimum Gasteiger partial charge on any atom is -0.349 e. The smallest absolute Gasteiger partial charge is 0.220 e. The van der Waals surface area contributed by atoms with Crippen molar-refractivity contribution in [2.45, 2.75) is 70.3 Å². The normalized spacial score (nSPS) is 43.7. The fourth-order valence-electron chi connectivity index (χ4n) is 5.14. The summed E-state index contributed by atoms with van der Waals surface area (Å²) in [6.07, 6.45) is 10.8. The van der Waals surface area contributed by atoms with Crippen LogP contribution in [-0.2, 0) is 4.79 Å². The van der Waals surface area contributed by atoms with Crippen LogP contribution in [0.25, 0.3) is 0 Å². The van der Waals surface area contributed by atoms with Gasteiger partial charge in [0.1, 0.15) is 0 Å². The van der Waals surface area contributed by atoms with Gasteiger partial charge in [0, 0.05) is 12.3 Å². The molecule has 5 unspecified atom stereocenters. The number of amides is 1. The van der Waals surface area contributed by atoms with Gasteiger partial charge in [-0.25, -0.2) is 0 Å². The van der Waals surface area contributed by atoms with E-state index in [0.717, 1.165) is 31.1 Å². The van der Waals surface area contributed by atoms with Gasteiger partial charge in [-0.05, 0) is 55.8 Å². The molecule has 3 fully saturated rings. The quantitative estimate of drug-likeness (QED) is 0.777. The van der Waals surface area contributed by atoms with E-state index in [9.17, 15) is 4.79 Å². The molecule has 0 heterocycles. The molecule has 0 spiro atoms. The second-order valence-electron chi connectivity index (χ2n) is 7.80. The zero-order valence-electron chi connectivity index (χ0n) is 12.7. The molecule has 3 heteroatoms. The van der Waals surface area contributed by atoms with E-state index in [4.69, 9.17) is 11.6 Å². The van der Waals surface area contributed by atoms with Gasteiger partial charge in [-0.2, -0.15) is 0 Å². The average Bonchev–Trinajstić information content (AvgIpc) is 3.00. The van der Waals surface area contributed by atoms with Crippen molar-refractivity contribution in [2.75, 3.05) is 5.88 Å². The summed E-state index contributed by atoms with van der Waals surface area (Å²) in [6, 6.07) is 0. The molecule has 0 aromatic carbocycles. The number of carbonyl (C=O) groups excluding carboxylic acids is 1. The largest absolute Gasteiger partial charge is 0.349 e. The third-order valence-corrected chi connectivity index (χ3v) is 6.60. The minimum atomic E-state index is -0.117. The summed E-state index contributed by atoms with van der Waals surface area (Å²) in [5.41, 5.74) is -0.117. The number of carbonyl (C=O) groups is 1. The molecule has 2 nitrogen and oxygen atoms in total. The van der Waals surface area contributed by atoms with Gasteiger partial charge in [-0.3, -0.25) is 4.79 Å². The highest BCUT2D eigenvalue weighted by Gasteiger charge is 2.41. The number of fused-ring (bicyclic) bond motifs is 2. The van der Waals surface area contributed by atoms with Gasteiger partial charge in [0.15, 0.2) is 0 Å². The maximum atomic E-state index is 12.4. The van der Waals surface area contributed by atoms with Crippen molar-refractivity contribution < 1.29 is 4.79 Å². The summed E-state index contributed by atoms with van der Waals surface area (Å²) in [5.74, 6) is 3.93. The molecule has 3 rings (SSSR count). The molecule has 2 bridgehead atoms. The molecule has 3 aliphatic carbocycles. The van der Waals surface area contributed by atoms with Gasteiger partial charge in [0.05, 0.1) is 5.54 Å². The third kappa shape index (κ3) is 3.00. The van der Waals surface area contributed by atoms with E-state index in [2.05, 4.69) is 12.2 Å². The Kier molecular flexibility index (Phi) is 4.31. The van der Waals surface area contributed by atoms with Crippen molar-refractivity contribution in [3.8, 4) is 0 Å². The Morgan fingerprint density at radius 2 is 2.15 bits per heavy atom. The molecule has 20 heavy (non-hydrogen) atoms. The first-order valence-electron chi connectivity index (χ1n) is 8.47. The Balaban J connectivity index is 1.54. The van der Waals surface area contributed by atoms with Crippen LogP contribution in [0.2, 0.25) is 0 Å². The Labute approximate surface area is 128 Å². The van der Waals surface area contributed by atoms with E-state index in [-0.39, 0.29) is 11.4 Å². The van der Waals surface area contributed by atoms with Gasteiger partial charge < -0.3 is 5.32 Å². The van der Waals surface area contributed by atoms with E-state index in [1.807, 2.05) is 0 Å². The van der Waals surface area contributed by atoms with E-state index in [1.54, 1.807) is 0 Å². The van der Waals surface area contributed by atoms with Crippen molar-refractivity contribution in [3.63, 3.8) is 0 Å². The van der Waals surface area contributed by atoms with Crippen LogP contribution < -0.4 is 5.32 Å². The van der Waals surface area contributed by atoms with E-state index in [1.165, 1.54) is 38.5 Å². The van der Waals surface area contributed by atoms with Gasteiger partial charge >= 0.3 is 0 Å². The number of hydrogen-bond donors (Lipinski definition) is 1. The standard InChI is InChI=1S/C17H28ClNO/c1-12-3-2-6-17(10-12,11-18)19-16(20)9-15-8-13-4-5-14(15)7-13/h12-15H,2-11H2,1H3,(H,19,20). The van der Waals surface area contributed by atoms with Gasteiger partial charge in [-0.15, -0.1) is 11.6 Å². The summed E-state index contributed by atoms with van der Waals surface area (Å²) in [6.45, 7) is 2.28. The number of nitrogens with one attached hydrogen (secondary N) is 1. The Morgan fingerprint density at radius 3 is 2.75 bits per heavy atom. The van der Waals surface area contributed by atoms with Crippen molar-refractivity contribution in [2.24, 2.45) is 23.7 Å². The predicted octanol–water partition coefficient (Wildman–Crippen LogP) is 4.12. The minimum absolute atomic E-state index is 0.117. The van der Waals surface area contributed by atoms with Crippen molar-refractivity contribution in [3.05, 3.63) is 0 Å². The number of rotatable bonds is 4. The SMILES string of the molecule is CC1CCCC(CCl)(NC(=O)CC2CC3CCC2C3)C1. The molecular weight excluding hydrogens is 270 g/mol. The summed E-state index contributed by atoms with van der Waals surface area (Å²) < 4.78 is 0. The molecule has 1 amide bonds. The molecule has 1 N–H and O–H groups in total. The summed E-state index contributed by atoms with van der Waals surface area (Å²) in [4.78, 5) is 12.4. The van der Waals surface area contributed by atoms with Crippen LogP contribution in [0.5, 0.6) is 0 Å². The van der Waals surface area contributed by atoms with Crippen molar-refractivity contribution in [1.82, 2.24) is 5.32 Å². The van der Waals surface area contributed by atoms with Crippen LogP contribution in [0, 0.1) is 23.7 Å². The van der Waals surface area contributed by atoms with E-state index >= 15 is 0 Å². The lowest BCUT2D eigenvalue weighted by atomic mass is 9.77. The molecule has 5 atom stereocenters. The van der Waals surface area contributed by atoms with Crippen LogP contribution in [0.4, 0.5) is 0 Å². The first kappa shape index (κ1) is 14.7. The molecule has 0 aliphatic heterocycles. The zero-order valence-corrected chi connectivity index (χ0v) is 13.4. The second-order valence-corrected chi connectivity index (χ2v) is 8.07. The highest BCUT2D eigenvalue weighted by Crippen LogP contribution is 2.49. The molecule has 0 radical (unpaired) electrons. The van der Waals surface area contributed by atoms with E-state index < -0.39 is 0 Å². The van der Waals surface area contributed by atoms with Crippen LogP contribution in [0.1, 0.15) is 64.7 Å². The highest BCUT2D eigenvalue weighted by molar-refractivity contribution is 6.18. The predicted molar refractivity (Wildman–Crippen MR) is 82.8 cm³/mol. The first-order valence-corrected chi connectivity index (χ1v) is 9.01. The lowest BCUT2D eigenvalue weighted by Crippen LogP contribution is -2.53. The van der Waals surface area contributed by atoms with Gasteiger partial charge in [0.2, 0.25) is 5.91 Å². The fraction of sp³-hybridized carbons (Fsp3) is 0.941. The van der Waals surface area contributed by atoms with Gasteiger partial charge in [-0.1, -0.05) is 26.2 Å². The Morgan fingerprint density at radius 1 is 1.30 bits per heavy atom. The van der Waals surface area contributed by atoms with Crippen LogP contribution in [0.3, 0.4) is 0 Å². The average molecular weight is 298 g/mol. The summed E-state index contributed by atoms with van der Waals surface area (Å²) in [5, 5.41) is 3.33. The molecule has 0 aromatic rings. The number of halogens is 1. The molecular formula is C17H28ClNO. The summed E-state index contributed by atoms with van der Waals surface area (Å²) >= 11 is 6.21. The summed E-state index contributed by atoms with van der Waals surface area (Å²) in [7, 11) is 0. The molecule has 0 saturated heterocycles. The van der Waals surface area contributed by atoms with Crippen LogP contribution in [-0.4, -0.2) is 17.3 Å². The lowest BCUT2D eigenvalue weighted by molar-refractivity contribution is -0.124. The van der Waals surface area contributed by atoms with Crippen LogP contribution >= 0.6 is 11.6 Å². The molecule has 3 aliphatic rings. The Bertz CT molecular complexity index is 372.